The van der Waals surface area contributed by atoms with Gasteiger partial charge in [0, 0.05) is 11.3 Å². The molecule has 196 valence electrons. The first-order chi connectivity index (χ1) is 17.7. The Labute approximate surface area is 248 Å². The molecule has 1 amide bonds. The maximum absolute atomic E-state index is 12.7. The highest BCUT2D eigenvalue weighted by Gasteiger charge is 2.32. The topological polar surface area (TPSA) is 110 Å². The van der Waals surface area contributed by atoms with Gasteiger partial charge in [-0.15, -0.1) is 0 Å². The molecule has 0 bridgehead atoms. The third-order valence-corrected chi connectivity index (χ3v) is 6.89. The minimum atomic E-state index is -0.602. The summed E-state index contributed by atoms with van der Waals surface area (Å²) in [6.07, 6.45) is 1.56. The molecular weight excluding hydrogens is 722 g/mol. The van der Waals surface area contributed by atoms with E-state index in [0.29, 0.717) is 34.3 Å². The molecule has 0 aliphatic carbocycles. The van der Waals surface area contributed by atoms with Gasteiger partial charge in [0.1, 0.15) is 11.5 Å². The van der Waals surface area contributed by atoms with Crippen LogP contribution in [0.5, 0.6) is 11.5 Å². The monoisotopic (exact) mass is 748 g/mol. The highest BCUT2D eigenvalue weighted by Crippen LogP contribution is 2.33. The molecule has 3 N–H and O–H groups in total. The minimum absolute atomic E-state index is 0.237. The zero-order chi connectivity index (χ0) is 26.9. The van der Waals surface area contributed by atoms with Crippen molar-refractivity contribution in [1.82, 2.24) is 16.1 Å². The van der Waals surface area contributed by atoms with Crippen LogP contribution in [0.4, 0.5) is 0 Å². The summed E-state index contributed by atoms with van der Waals surface area (Å²) >= 11 is 9.71. The van der Waals surface area contributed by atoms with Gasteiger partial charge in [0.25, 0.3) is 5.91 Å². The van der Waals surface area contributed by atoms with E-state index in [4.69, 9.17) is 26.4 Å². The lowest BCUT2D eigenvalue weighted by Gasteiger charge is -2.30. The summed E-state index contributed by atoms with van der Waals surface area (Å²) in [7, 11) is 0. The maximum Gasteiger partial charge on any atom is 0.338 e. The number of rotatable bonds is 10. The first kappa shape index (κ1) is 29.1. The first-order valence-electron chi connectivity index (χ1n) is 11.4. The number of nitrogens with one attached hydrogen (secondary N) is 3. The maximum atomic E-state index is 12.7. The van der Waals surface area contributed by atoms with E-state index in [2.05, 4.69) is 66.3 Å². The van der Waals surface area contributed by atoms with Gasteiger partial charge in [0.15, 0.2) is 11.7 Å². The number of amides is 1. The second kappa shape index (κ2) is 13.9. The number of esters is 1. The van der Waals surface area contributed by atoms with Crippen LogP contribution in [0, 0.1) is 7.14 Å². The highest BCUT2D eigenvalue weighted by molar-refractivity contribution is 14.1. The van der Waals surface area contributed by atoms with Crippen LogP contribution in [-0.4, -0.2) is 43.0 Å². The SMILES string of the molecule is CCOC(=O)C1=C(C)NC(=S)N[C@H]1c1ccccc1OCC(=O)NN=Cc1cc(I)c(OCC)c(I)c1. The van der Waals surface area contributed by atoms with Crippen LogP contribution in [0.1, 0.15) is 37.9 Å². The first-order valence-corrected chi connectivity index (χ1v) is 13.9. The predicted octanol–water partition coefficient (Wildman–Crippen LogP) is 4.18. The fourth-order valence-electron chi connectivity index (χ4n) is 3.55. The van der Waals surface area contributed by atoms with E-state index >= 15 is 0 Å². The van der Waals surface area contributed by atoms with Crippen molar-refractivity contribution in [3.05, 3.63) is 65.9 Å². The predicted molar refractivity (Wildman–Crippen MR) is 162 cm³/mol. The number of hydrogen-bond donors (Lipinski definition) is 3. The number of carbonyl (C=O) groups excluding carboxylic acids is 2. The molecule has 3 rings (SSSR count). The Morgan fingerprint density at radius 2 is 1.84 bits per heavy atom. The molecule has 2 aromatic carbocycles. The molecule has 0 saturated carbocycles. The van der Waals surface area contributed by atoms with Gasteiger partial charge >= 0.3 is 5.97 Å². The van der Waals surface area contributed by atoms with Crippen molar-refractivity contribution in [2.75, 3.05) is 19.8 Å². The number of carbonyl (C=O) groups is 2. The van der Waals surface area contributed by atoms with Gasteiger partial charge in [-0.2, -0.15) is 5.10 Å². The number of para-hydroxylation sites is 1. The smallest absolute Gasteiger partial charge is 0.338 e. The Balaban J connectivity index is 1.69. The van der Waals surface area contributed by atoms with E-state index in [1.807, 2.05) is 25.1 Å². The van der Waals surface area contributed by atoms with Crippen molar-refractivity contribution in [1.29, 1.82) is 0 Å². The Bertz CT molecular complexity index is 1230. The molecule has 37 heavy (non-hydrogen) atoms. The number of benzene rings is 2. The van der Waals surface area contributed by atoms with E-state index in [9.17, 15) is 9.59 Å². The Morgan fingerprint density at radius 3 is 2.51 bits per heavy atom. The molecule has 1 atom stereocenters. The zero-order valence-corrected chi connectivity index (χ0v) is 25.5. The molecule has 1 aliphatic rings. The number of hydrogen-bond acceptors (Lipinski definition) is 7. The van der Waals surface area contributed by atoms with Crippen LogP contribution < -0.4 is 25.5 Å². The Morgan fingerprint density at radius 1 is 1.14 bits per heavy atom. The van der Waals surface area contributed by atoms with Gasteiger partial charge in [0.05, 0.1) is 38.2 Å². The number of allylic oxidation sites excluding steroid dienone is 1. The molecule has 9 nitrogen and oxygen atoms in total. The fourth-order valence-corrected chi connectivity index (χ4v) is 5.95. The van der Waals surface area contributed by atoms with E-state index in [1.165, 1.54) is 0 Å². The summed E-state index contributed by atoms with van der Waals surface area (Å²) in [4.78, 5) is 25.1. The second-order valence-electron chi connectivity index (χ2n) is 7.66. The van der Waals surface area contributed by atoms with Gasteiger partial charge in [-0.25, -0.2) is 10.2 Å². The molecule has 0 unspecified atom stereocenters. The lowest BCUT2D eigenvalue weighted by atomic mass is 9.95. The molecule has 0 aromatic heterocycles. The molecular formula is C25H26I2N4O5S. The molecule has 2 aromatic rings. The summed E-state index contributed by atoms with van der Waals surface area (Å²) in [6, 6.07) is 10.4. The normalized spacial score (nSPS) is 15.2. The lowest BCUT2D eigenvalue weighted by Crippen LogP contribution is -2.45. The lowest BCUT2D eigenvalue weighted by molar-refractivity contribution is -0.139. The highest BCUT2D eigenvalue weighted by atomic mass is 127. The van der Waals surface area contributed by atoms with Crippen LogP contribution in [0.25, 0.3) is 0 Å². The van der Waals surface area contributed by atoms with Crippen LogP contribution in [0.15, 0.2) is 52.8 Å². The van der Waals surface area contributed by atoms with Crippen molar-refractivity contribution in [2.24, 2.45) is 5.10 Å². The average Bonchev–Trinajstić information content (AvgIpc) is 2.85. The number of hydrazone groups is 1. The van der Waals surface area contributed by atoms with Crippen molar-refractivity contribution < 1.29 is 23.8 Å². The Hall–Kier alpha value is -2.46. The molecule has 0 radical (unpaired) electrons. The van der Waals surface area contributed by atoms with Crippen molar-refractivity contribution in [2.45, 2.75) is 26.8 Å². The summed E-state index contributed by atoms with van der Waals surface area (Å²) < 4.78 is 18.6. The van der Waals surface area contributed by atoms with Crippen LogP contribution in [0.3, 0.4) is 0 Å². The largest absolute Gasteiger partial charge is 0.492 e. The van der Waals surface area contributed by atoms with Gasteiger partial charge in [0.2, 0.25) is 0 Å². The van der Waals surface area contributed by atoms with Crippen molar-refractivity contribution in [3.63, 3.8) is 0 Å². The van der Waals surface area contributed by atoms with E-state index < -0.39 is 17.9 Å². The number of halogens is 2. The molecule has 1 aliphatic heterocycles. The summed E-state index contributed by atoms with van der Waals surface area (Å²) in [5, 5.41) is 10.5. The van der Waals surface area contributed by atoms with E-state index in [1.54, 1.807) is 38.3 Å². The molecule has 0 spiro atoms. The quantitative estimate of drug-likeness (QED) is 0.109. The van der Waals surface area contributed by atoms with E-state index in [-0.39, 0.29) is 13.2 Å². The number of nitrogens with zero attached hydrogens (tertiary/aromatic N) is 1. The second-order valence-corrected chi connectivity index (χ2v) is 10.4. The summed E-state index contributed by atoms with van der Waals surface area (Å²) in [6.45, 7) is 5.98. The molecule has 0 fully saturated rings. The number of thiocarbonyl (C=S) groups is 1. The standard InChI is InChI=1S/C25H26I2N4O5S/c1-4-34-23-17(26)10-15(11-18(23)27)12-28-31-20(32)13-36-19-9-7-6-8-16(19)22-21(24(33)35-5-2)14(3)29-25(37)30-22/h6-12,22H,4-5,13H2,1-3H3,(H,31,32)(H2,29,30,37)/t22-/m0/s1. The van der Waals surface area contributed by atoms with E-state index in [0.717, 1.165) is 18.5 Å². The summed E-state index contributed by atoms with van der Waals surface area (Å²) in [5.41, 5.74) is 4.92. The molecule has 0 saturated heterocycles. The van der Waals surface area contributed by atoms with Crippen LogP contribution >= 0.6 is 57.4 Å². The van der Waals surface area contributed by atoms with Gasteiger partial charge in [-0.1, -0.05) is 18.2 Å². The molecule has 1 heterocycles. The van der Waals surface area contributed by atoms with Gasteiger partial charge in [-0.3, -0.25) is 4.79 Å². The van der Waals surface area contributed by atoms with Crippen LogP contribution in [0.2, 0.25) is 0 Å². The fraction of sp³-hybridized carbons (Fsp3) is 0.280. The summed E-state index contributed by atoms with van der Waals surface area (Å²) in [5.74, 6) is 0.353. The van der Waals surface area contributed by atoms with Gasteiger partial charge in [-0.05, 0) is 102 Å². The number of ether oxygens (including phenoxy) is 3. The van der Waals surface area contributed by atoms with Gasteiger partial charge < -0.3 is 24.8 Å². The Kier molecular flexibility index (Phi) is 10.9. The third kappa shape index (κ3) is 7.77. The minimum Gasteiger partial charge on any atom is -0.492 e. The average molecular weight is 748 g/mol. The van der Waals surface area contributed by atoms with Crippen molar-refractivity contribution in [3.8, 4) is 11.5 Å². The van der Waals surface area contributed by atoms with Crippen molar-refractivity contribution >= 4 is 80.6 Å². The zero-order valence-electron chi connectivity index (χ0n) is 20.4. The van der Waals surface area contributed by atoms with Crippen LogP contribution in [-0.2, 0) is 14.3 Å². The molecule has 12 heteroatoms. The third-order valence-electron chi connectivity index (χ3n) is 5.07.